The topological polar surface area (TPSA) is 96.0 Å². The average molecular weight is 476 g/mol. The molecule has 2 aromatic rings. The number of hydrogen-bond donors (Lipinski definition) is 1. The highest BCUT2D eigenvalue weighted by Gasteiger charge is 2.30. The quantitative estimate of drug-likeness (QED) is 0.539. The molecule has 180 valence electrons. The fourth-order valence-electron chi connectivity index (χ4n) is 3.16. The second-order valence-electron chi connectivity index (χ2n) is 7.91. The summed E-state index contributed by atoms with van der Waals surface area (Å²) in [5.74, 6) is -0.0831. The summed E-state index contributed by atoms with van der Waals surface area (Å²) in [7, 11) is -0.931. The van der Waals surface area contributed by atoms with Crippen LogP contribution < -0.4 is 10.1 Å². The summed E-state index contributed by atoms with van der Waals surface area (Å²) in [6.45, 7) is 5.71. The average Bonchev–Trinajstić information content (AvgIpc) is 2.81. The van der Waals surface area contributed by atoms with Crippen molar-refractivity contribution in [1.29, 1.82) is 0 Å². The summed E-state index contributed by atoms with van der Waals surface area (Å²) in [4.78, 5) is 27.4. The number of carbonyl (C=O) groups is 2. The predicted octanol–water partition coefficient (Wildman–Crippen LogP) is 2.57. The van der Waals surface area contributed by atoms with Gasteiger partial charge in [0.2, 0.25) is 21.8 Å². The molecule has 0 saturated carbocycles. The lowest BCUT2D eigenvalue weighted by molar-refractivity contribution is -0.140. The number of nitrogens with one attached hydrogen (secondary N) is 1. The van der Waals surface area contributed by atoms with Gasteiger partial charge in [-0.25, -0.2) is 8.42 Å². The molecule has 0 bridgehead atoms. The number of benzene rings is 2. The van der Waals surface area contributed by atoms with Crippen LogP contribution in [0, 0.1) is 6.92 Å². The minimum atomic E-state index is -3.86. The zero-order chi connectivity index (χ0) is 24.6. The van der Waals surface area contributed by atoms with Crippen LogP contribution in [0.5, 0.6) is 5.75 Å². The minimum Gasteiger partial charge on any atom is -0.497 e. The van der Waals surface area contributed by atoms with Crippen molar-refractivity contribution >= 4 is 21.8 Å². The van der Waals surface area contributed by atoms with Crippen LogP contribution in [0.3, 0.4) is 0 Å². The Hall–Kier alpha value is -2.91. The lowest BCUT2D eigenvalue weighted by atomic mass is 10.1. The highest BCUT2D eigenvalue weighted by atomic mass is 32.2. The SMILES string of the molecule is CCCNC(=O)[C@@H](C)N(Cc1ccc(OC)cc1)C(=O)CN(C)S(=O)(=O)c1ccc(C)cc1. The molecule has 0 aliphatic carbocycles. The molecule has 0 fully saturated rings. The van der Waals surface area contributed by atoms with Gasteiger partial charge in [0, 0.05) is 20.1 Å². The molecule has 0 spiro atoms. The van der Waals surface area contributed by atoms with E-state index in [2.05, 4.69) is 5.32 Å². The van der Waals surface area contributed by atoms with E-state index in [1.807, 2.05) is 26.0 Å². The Morgan fingerprint density at radius 3 is 2.21 bits per heavy atom. The molecular weight excluding hydrogens is 442 g/mol. The van der Waals surface area contributed by atoms with Crippen LogP contribution in [0.1, 0.15) is 31.4 Å². The summed E-state index contributed by atoms with van der Waals surface area (Å²) >= 11 is 0. The normalized spacial score (nSPS) is 12.3. The second kappa shape index (κ2) is 11.8. The number of carbonyl (C=O) groups excluding carboxylic acids is 2. The molecule has 1 N–H and O–H groups in total. The van der Waals surface area contributed by atoms with Crippen molar-refractivity contribution in [2.45, 2.75) is 44.7 Å². The van der Waals surface area contributed by atoms with E-state index in [0.717, 1.165) is 21.9 Å². The molecule has 2 rings (SSSR count). The third kappa shape index (κ3) is 7.03. The maximum Gasteiger partial charge on any atom is 0.243 e. The Morgan fingerprint density at radius 2 is 1.67 bits per heavy atom. The molecule has 33 heavy (non-hydrogen) atoms. The molecule has 0 unspecified atom stereocenters. The van der Waals surface area contributed by atoms with Gasteiger partial charge >= 0.3 is 0 Å². The number of methoxy groups -OCH3 is 1. The van der Waals surface area contributed by atoms with Crippen molar-refractivity contribution in [3.8, 4) is 5.75 Å². The Kier molecular flexibility index (Phi) is 9.43. The molecule has 0 aliphatic rings. The number of nitrogens with zero attached hydrogens (tertiary/aromatic N) is 2. The number of amides is 2. The van der Waals surface area contributed by atoms with E-state index in [9.17, 15) is 18.0 Å². The molecule has 8 nitrogen and oxygen atoms in total. The Labute approximate surface area is 196 Å². The Bertz CT molecular complexity index is 1040. The standard InChI is InChI=1S/C24H33N3O5S/c1-6-15-25-24(29)19(3)27(16-20-9-11-21(32-5)12-10-20)23(28)17-26(4)33(30,31)22-13-7-18(2)8-14-22/h7-14,19H,6,15-17H2,1-5H3,(H,25,29)/t19-/m1/s1. The van der Waals surface area contributed by atoms with Gasteiger partial charge in [-0.15, -0.1) is 0 Å². The van der Waals surface area contributed by atoms with Crippen LogP contribution in [0.15, 0.2) is 53.4 Å². The second-order valence-corrected chi connectivity index (χ2v) is 9.96. The van der Waals surface area contributed by atoms with Crippen molar-refractivity contribution < 1.29 is 22.7 Å². The number of aryl methyl sites for hydroxylation is 1. The first kappa shape index (κ1) is 26.3. The highest BCUT2D eigenvalue weighted by Crippen LogP contribution is 2.18. The van der Waals surface area contributed by atoms with Crippen molar-refractivity contribution in [2.24, 2.45) is 0 Å². The summed E-state index contributed by atoms with van der Waals surface area (Å²) < 4.78 is 32.1. The van der Waals surface area contributed by atoms with Crippen molar-refractivity contribution in [3.05, 3.63) is 59.7 Å². The van der Waals surface area contributed by atoms with E-state index in [1.54, 1.807) is 38.3 Å². The molecule has 9 heteroatoms. The van der Waals surface area contributed by atoms with Crippen molar-refractivity contribution in [2.75, 3.05) is 27.2 Å². The van der Waals surface area contributed by atoms with Gasteiger partial charge in [0.25, 0.3) is 0 Å². The van der Waals surface area contributed by atoms with Crippen LogP contribution in [0.4, 0.5) is 0 Å². The van der Waals surface area contributed by atoms with E-state index in [4.69, 9.17) is 4.74 Å². The molecule has 0 heterocycles. The van der Waals surface area contributed by atoms with Crippen molar-refractivity contribution in [1.82, 2.24) is 14.5 Å². The highest BCUT2D eigenvalue weighted by molar-refractivity contribution is 7.89. The fraction of sp³-hybridized carbons (Fsp3) is 0.417. The van der Waals surface area contributed by atoms with E-state index in [0.29, 0.717) is 12.3 Å². The molecular formula is C24H33N3O5S. The first-order chi connectivity index (χ1) is 15.6. The van der Waals surface area contributed by atoms with Gasteiger partial charge in [0.15, 0.2) is 0 Å². The van der Waals surface area contributed by atoms with Crippen LogP contribution in [0.25, 0.3) is 0 Å². The van der Waals surface area contributed by atoms with Gasteiger partial charge in [0.05, 0.1) is 18.6 Å². The first-order valence-electron chi connectivity index (χ1n) is 10.8. The van der Waals surface area contributed by atoms with E-state index in [1.165, 1.54) is 24.1 Å². The lowest BCUT2D eigenvalue weighted by Gasteiger charge is -2.30. The summed E-state index contributed by atoms with van der Waals surface area (Å²) in [6, 6.07) is 12.8. The number of hydrogen-bond acceptors (Lipinski definition) is 5. The fourth-order valence-corrected chi connectivity index (χ4v) is 4.28. The molecule has 0 radical (unpaired) electrons. The van der Waals surface area contributed by atoms with Crippen molar-refractivity contribution in [3.63, 3.8) is 0 Å². The van der Waals surface area contributed by atoms with Crippen LogP contribution in [-0.4, -0.2) is 62.7 Å². The van der Waals surface area contributed by atoms with Crippen LogP contribution in [-0.2, 0) is 26.2 Å². The number of rotatable bonds is 11. The van der Waals surface area contributed by atoms with Gasteiger partial charge in [0.1, 0.15) is 11.8 Å². The predicted molar refractivity (Wildman–Crippen MR) is 127 cm³/mol. The maximum absolute atomic E-state index is 13.2. The lowest BCUT2D eigenvalue weighted by Crippen LogP contribution is -2.50. The van der Waals surface area contributed by atoms with Gasteiger partial charge in [-0.2, -0.15) is 4.31 Å². The van der Waals surface area contributed by atoms with Gasteiger partial charge in [-0.1, -0.05) is 36.8 Å². The van der Waals surface area contributed by atoms with E-state index >= 15 is 0 Å². The Balaban J connectivity index is 2.25. The summed E-state index contributed by atoms with van der Waals surface area (Å²) in [6.07, 6.45) is 0.766. The summed E-state index contributed by atoms with van der Waals surface area (Å²) in [5, 5.41) is 2.80. The number of ether oxygens (including phenoxy) is 1. The maximum atomic E-state index is 13.2. The zero-order valence-corrected chi connectivity index (χ0v) is 20.7. The summed E-state index contributed by atoms with van der Waals surface area (Å²) in [5.41, 5.74) is 1.73. The molecule has 0 aromatic heterocycles. The van der Waals surface area contributed by atoms with Crippen LogP contribution in [0.2, 0.25) is 0 Å². The Morgan fingerprint density at radius 1 is 1.06 bits per heavy atom. The zero-order valence-electron chi connectivity index (χ0n) is 19.9. The number of likely N-dealkylation sites (N-methyl/N-ethyl adjacent to an activating group) is 1. The molecule has 2 amide bonds. The smallest absolute Gasteiger partial charge is 0.243 e. The number of sulfonamides is 1. The first-order valence-corrected chi connectivity index (χ1v) is 12.3. The third-order valence-electron chi connectivity index (χ3n) is 5.32. The molecule has 0 saturated heterocycles. The van der Waals surface area contributed by atoms with Gasteiger partial charge in [-0.3, -0.25) is 9.59 Å². The molecule has 2 aromatic carbocycles. The largest absolute Gasteiger partial charge is 0.497 e. The third-order valence-corrected chi connectivity index (χ3v) is 7.13. The van der Waals surface area contributed by atoms with E-state index in [-0.39, 0.29) is 17.3 Å². The minimum absolute atomic E-state index is 0.110. The van der Waals surface area contributed by atoms with Crippen LogP contribution >= 0.6 is 0 Å². The van der Waals surface area contributed by atoms with Gasteiger partial charge < -0.3 is 15.0 Å². The van der Waals surface area contributed by atoms with Gasteiger partial charge in [-0.05, 0) is 50.1 Å². The van der Waals surface area contributed by atoms with E-state index < -0.39 is 28.5 Å². The monoisotopic (exact) mass is 475 g/mol. The molecule has 1 atom stereocenters. The molecule has 0 aliphatic heterocycles.